The van der Waals surface area contributed by atoms with Crippen molar-refractivity contribution in [3.05, 3.63) is 81.6 Å². The monoisotopic (exact) mass is 509 g/mol. The van der Waals surface area contributed by atoms with Gasteiger partial charge in [-0.2, -0.15) is 0 Å². The summed E-state index contributed by atoms with van der Waals surface area (Å²) in [5.41, 5.74) is 6.67. The summed E-state index contributed by atoms with van der Waals surface area (Å²) in [6, 6.07) is 13.0. The molecule has 178 valence electrons. The van der Waals surface area contributed by atoms with Crippen LogP contribution in [0.2, 0.25) is 10.0 Å². The number of amides is 2. The molecule has 5 nitrogen and oxygen atoms in total. The van der Waals surface area contributed by atoms with Crippen LogP contribution in [-0.4, -0.2) is 38.9 Å². The van der Waals surface area contributed by atoms with Crippen LogP contribution >= 0.6 is 23.2 Å². The molecule has 2 amide bonds. The van der Waals surface area contributed by atoms with Crippen molar-refractivity contribution in [1.82, 2.24) is 0 Å². The van der Waals surface area contributed by atoms with Crippen LogP contribution in [-0.2, 0) is 0 Å². The van der Waals surface area contributed by atoms with Crippen LogP contribution in [0, 0.1) is 5.82 Å². The largest absolute Gasteiger partial charge is 0.367 e. The third kappa shape index (κ3) is 5.29. The number of hydrogen-bond acceptors (Lipinski definition) is 3. The Morgan fingerprint density at radius 1 is 0.971 bits per heavy atom. The first-order valence-electron chi connectivity index (χ1n) is 9.96. The number of anilines is 2. The fourth-order valence-corrected chi connectivity index (χ4v) is 3.94. The number of carbonyl (C=O) groups excluding carboxylic acids is 2. The van der Waals surface area contributed by atoms with Gasteiger partial charge in [0.15, 0.2) is 0 Å². The van der Waals surface area contributed by atoms with Crippen LogP contribution in [0.5, 0.6) is 0 Å². The number of nitrogens with two attached hydrogens (primary N) is 1. The van der Waals surface area contributed by atoms with Crippen molar-refractivity contribution in [3.63, 3.8) is 0 Å². The van der Waals surface area contributed by atoms with Crippen LogP contribution in [0.25, 0.3) is 11.1 Å². The molecule has 0 aliphatic heterocycles. The number of benzene rings is 3. The summed E-state index contributed by atoms with van der Waals surface area (Å²) >= 11 is 12.4. The molecule has 3 rings (SSSR count). The summed E-state index contributed by atoms with van der Waals surface area (Å²) in [5, 5.41) is 0.230. The average Bonchev–Trinajstić information content (AvgIpc) is 2.77. The molecule has 10 heteroatoms. The average molecular weight is 510 g/mol. The second-order valence-electron chi connectivity index (χ2n) is 7.49. The van der Waals surface area contributed by atoms with Crippen LogP contribution in [0.15, 0.2) is 54.6 Å². The maximum absolute atomic E-state index is 14.3. The Bertz CT molecular complexity index is 1230. The van der Waals surface area contributed by atoms with E-state index in [1.807, 2.05) is 0 Å². The van der Waals surface area contributed by atoms with E-state index in [-0.39, 0.29) is 27.5 Å². The Balaban J connectivity index is 2.14. The molecule has 0 radical (unpaired) electrons. The quantitative estimate of drug-likeness (QED) is 0.432. The molecule has 0 heterocycles. The SMILES string of the molecule is CN(CC(F)F)c1cc(-c2cc(C(N)=O)ccc2Cl)ccc1N(C)C(=O)c1c(F)cccc1Cl. The number of primary amides is 1. The van der Waals surface area contributed by atoms with Crippen molar-refractivity contribution in [3.8, 4) is 11.1 Å². The molecule has 0 saturated carbocycles. The zero-order valence-electron chi connectivity index (χ0n) is 18.2. The molecule has 0 saturated heterocycles. The van der Waals surface area contributed by atoms with E-state index < -0.39 is 30.6 Å². The van der Waals surface area contributed by atoms with Crippen molar-refractivity contribution in [2.24, 2.45) is 5.73 Å². The zero-order valence-corrected chi connectivity index (χ0v) is 19.7. The van der Waals surface area contributed by atoms with Crippen LogP contribution in [0.4, 0.5) is 24.5 Å². The molecule has 0 aromatic heterocycles. The van der Waals surface area contributed by atoms with E-state index in [0.717, 1.165) is 11.0 Å². The van der Waals surface area contributed by atoms with Gasteiger partial charge in [0.05, 0.1) is 28.5 Å². The van der Waals surface area contributed by atoms with Gasteiger partial charge in [-0.1, -0.05) is 35.3 Å². The molecule has 0 spiro atoms. The van der Waals surface area contributed by atoms with Gasteiger partial charge in [0, 0.05) is 30.2 Å². The molecule has 34 heavy (non-hydrogen) atoms. The van der Waals surface area contributed by atoms with E-state index >= 15 is 0 Å². The topological polar surface area (TPSA) is 66.6 Å². The minimum atomic E-state index is -2.66. The van der Waals surface area contributed by atoms with E-state index in [1.165, 1.54) is 55.4 Å². The van der Waals surface area contributed by atoms with E-state index in [2.05, 4.69) is 0 Å². The van der Waals surface area contributed by atoms with Gasteiger partial charge in [0.1, 0.15) is 5.82 Å². The lowest BCUT2D eigenvalue weighted by atomic mass is 10.0. The number of hydrogen-bond donors (Lipinski definition) is 1. The fourth-order valence-electron chi connectivity index (χ4n) is 3.46. The maximum Gasteiger partial charge on any atom is 0.262 e. The summed E-state index contributed by atoms with van der Waals surface area (Å²) in [4.78, 5) is 27.1. The standard InChI is InChI=1S/C24H20Cl2F3N3O2/c1-31(12-21(28)29)20-11-13(15-10-14(23(30)33)6-8-16(15)25)7-9-19(20)32(2)24(34)22-17(26)4-3-5-18(22)27/h3-11,21H,12H2,1-2H3,(H2,30,33). The van der Waals surface area contributed by atoms with E-state index in [1.54, 1.807) is 12.1 Å². The van der Waals surface area contributed by atoms with E-state index in [0.29, 0.717) is 16.1 Å². The second-order valence-corrected chi connectivity index (χ2v) is 8.31. The number of halogens is 5. The van der Waals surface area contributed by atoms with Crippen molar-refractivity contribution >= 4 is 46.4 Å². The molecule has 0 atom stereocenters. The van der Waals surface area contributed by atoms with Crippen LogP contribution < -0.4 is 15.5 Å². The van der Waals surface area contributed by atoms with Gasteiger partial charge in [-0.3, -0.25) is 9.59 Å². The third-order valence-electron chi connectivity index (χ3n) is 5.20. The number of nitrogens with zero attached hydrogens (tertiary/aromatic N) is 2. The van der Waals surface area contributed by atoms with Crippen molar-refractivity contribution < 1.29 is 22.8 Å². The lowest BCUT2D eigenvalue weighted by molar-refractivity contribution is 0.0985. The lowest BCUT2D eigenvalue weighted by Crippen LogP contribution is -2.31. The summed E-state index contributed by atoms with van der Waals surface area (Å²) in [5.74, 6) is -2.22. The summed E-state index contributed by atoms with van der Waals surface area (Å²) < 4.78 is 40.7. The molecular formula is C24H20Cl2F3N3O2. The molecule has 0 aliphatic carbocycles. The maximum atomic E-state index is 14.3. The van der Waals surface area contributed by atoms with Crippen molar-refractivity contribution in [2.45, 2.75) is 6.43 Å². The molecule has 0 bridgehead atoms. The van der Waals surface area contributed by atoms with Crippen molar-refractivity contribution in [1.29, 1.82) is 0 Å². The summed E-state index contributed by atoms with van der Waals surface area (Å²) in [6.07, 6.45) is -2.66. The van der Waals surface area contributed by atoms with Gasteiger partial charge in [0.2, 0.25) is 5.91 Å². The van der Waals surface area contributed by atoms with Gasteiger partial charge >= 0.3 is 0 Å². The summed E-state index contributed by atoms with van der Waals surface area (Å²) in [7, 11) is 2.82. The Morgan fingerprint density at radius 2 is 1.68 bits per heavy atom. The molecule has 0 unspecified atom stereocenters. The predicted octanol–water partition coefficient (Wildman–Crippen LogP) is 5.88. The smallest absolute Gasteiger partial charge is 0.262 e. The molecular weight excluding hydrogens is 490 g/mol. The van der Waals surface area contributed by atoms with Crippen molar-refractivity contribution in [2.75, 3.05) is 30.4 Å². The zero-order chi connectivity index (χ0) is 25.2. The minimum Gasteiger partial charge on any atom is -0.367 e. The number of alkyl halides is 2. The highest BCUT2D eigenvalue weighted by Crippen LogP contribution is 2.37. The molecule has 3 aromatic carbocycles. The lowest BCUT2D eigenvalue weighted by Gasteiger charge is -2.28. The fraction of sp³-hybridized carbons (Fsp3) is 0.167. The Kier molecular flexibility index (Phi) is 7.74. The van der Waals surface area contributed by atoms with Gasteiger partial charge in [0.25, 0.3) is 12.3 Å². The first-order chi connectivity index (χ1) is 16.0. The first kappa shape index (κ1) is 25.4. The molecule has 0 aliphatic rings. The normalized spacial score (nSPS) is 10.9. The third-order valence-corrected chi connectivity index (χ3v) is 5.85. The van der Waals surface area contributed by atoms with Gasteiger partial charge in [-0.25, -0.2) is 13.2 Å². The Labute approximate surface area is 204 Å². The first-order valence-corrected chi connectivity index (χ1v) is 10.7. The number of carbonyl (C=O) groups is 2. The van der Waals surface area contributed by atoms with E-state index in [4.69, 9.17) is 28.9 Å². The van der Waals surface area contributed by atoms with Crippen LogP contribution in [0.3, 0.4) is 0 Å². The molecule has 3 aromatic rings. The Hall–Kier alpha value is -3.23. The number of rotatable bonds is 7. The van der Waals surface area contributed by atoms with Crippen LogP contribution in [0.1, 0.15) is 20.7 Å². The van der Waals surface area contributed by atoms with Gasteiger partial charge in [-0.15, -0.1) is 0 Å². The highest BCUT2D eigenvalue weighted by Gasteiger charge is 2.24. The highest BCUT2D eigenvalue weighted by atomic mass is 35.5. The minimum absolute atomic E-state index is 0.0778. The highest BCUT2D eigenvalue weighted by molar-refractivity contribution is 6.34. The Morgan fingerprint density at radius 3 is 2.29 bits per heavy atom. The van der Waals surface area contributed by atoms with Gasteiger partial charge in [-0.05, 0) is 48.0 Å². The van der Waals surface area contributed by atoms with Gasteiger partial charge < -0.3 is 15.5 Å². The summed E-state index contributed by atoms with van der Waals surface area (Å²) in [6.45, 7) is -0.631. The molecule has 0 fully saturated rings. The molecule has 2 N–H and O–H groups in total. The predicted molar refractivity (Wildman–Crippen MR) is 129 cm³/mol. The van der Waals surface area contributed by atoms with E-state index in [9.17, 15) is 22.8 Å². The second kappa shape index (κ2) is 10.4.